The molecule has 6 heteroatoms. The van der Waals surface area contributed by atoms with Crippen molar-refractivity contribution in [2.75, 3.05) is 5.32 Å². The molecule has 0 fully saturated rings. The lowest BCUT2D eigenvalue weighted by molar-refractivity contribution is 0.0735. The topological polar surface area (TPSA) is 51.2 Å². The lowest BCUT2D eigenvalue weighted by atomic mass is 10.1. The van der Waals surface area contributed by atoms with E-state index in [4.69, 9.17) is 16.3 Å². The van der Waals surface area contributed by atoms with E-state index in [0.29, 0.717) is 28.0 Å². The quantitative estimate of drug-likeness (QED) is 0.518. The molecule has 0 radical (unpaired) electrons. The van der Waals surface area contributed by atoms with E-state index in [-0.39, 0.29) is 0 Å². The average Bonchev–Trinajstić information content (AvgIpc) is 3.01. The van der Waals surface area contributed by atoms with Crippen LogP contribution in [0.15, 0.2) is 54.7 Å². The third kappa shape index (κ3) is 4.13. The number of aryl methyl sites for hydroxylation is 1. The Morgan fingerprint density at radius 3 is 2.67 bits per heavy atom. The number of carbonyl (C=O) groups is 1. The van der Waals surface area contributed by atoms with Gasteiger partial charge in [-0.1, -0.05) is 41.4 Å². The van der Waals surface area contributed by atoms with Gasteiger partial charge in [0.1, 0.15) is 5.75 Å². The highest BCUT2D eigenvalue weighted by Gasteiger charge is 2.13. The van der Waals surface area contributed by atoms with E-state index >= 15 is 0 Å². The van der Waals surface area contributed by atoms with Crippen LogP contribution in [0, 0.1) is 6.92 Å². The highest BCUT2D eigenvalue weighted by Crippen LogP contribution is 2.22. The Balaban J connectivity index is 1.72. The van der Waals surface area contributed by atoms with E-state index in [1.165, 1.54) is 11.3 Å². The van der Waals surface area contributed by atoms with Crippen LogP contribution >= 0.6 is 22.9 Å². The smallest absolute Gasteiger partial charge is 0.345 e. The highest BCUT2D eigenvalue weighted by atomic mass is 35.5. The first-order valence-corrected chi connectivity index (χ1v) is 8.53. The van der Waals surface area contributed by atoms with Crippen LogP contribution in [0.3, 0.4) is 0 Å². The molecule has 1 aromatic heterocycles. The molecule has 3 rings (SSSR count). The average molecular weight is 359 g/mol. The highest BCUT2D eigenvalue weighted by molar-refractivity contribution is 7.15. The lowest BCUT2D eigenvalue weighted by Crippen LogP contribution is -2.12. The third-order valence-electron chi connectivity index (χ3n) is 3.36. The molecule has 1 N–H and O–H groups in total. The molecule has 0 saturated carbocycles. The summed E-state index contributed by atoms with van der Waals surface area (Å²) >= 11 is 7.23. The van der Waals surface area contributed by atoms with Crippen LogP contribution in [0.2, 0.25) is 4.47 Å². The predicted molar refractivity (Wildman–Crippen MR) is 97.0 cm³/mol. The molecule has 122 valence electrons. The van der Waals surface area contributed by atoms with Crippen LogP contribution in [0.5, 0.6) is 5.75 Å². The number of rotatable bonds is 5. The number of hydrogen-bond acceptors (Lipinski definition) is 5. The van der Waals surface area contributed by atoms with Gasteiger partial charge in [-0.25, -0.2) is 9.78 Å². The largest absolute Gasteiger partial charge is 0.423 e. The Hall–Kier alpha value is -2.37. The second kappa shape index (κ2) is 7.47. The molecule has 24 heavy (non-hydrogen) atoms. The van der Waals surface area contributed by atoms with Gasteiger partial charge in [-0.05, 0) is 31.2 Å². The molecular weight excluding hydrogens is 344 g/mol. The van der Waals surface area contributed by atoms with E-state index in [1.807, 2.05) is 31.2 Å². The van der Waals surface area contributed by atoms with Crippen molar-refractivity contribution >= 4 is 34.6 Å². The van der Waals surface area contributed by atoms with Gasteiger partial charge in [0.2, 0.25) is 0 Å². The fourth-order valence-corrected chi connectivity index (χ4v) is 3.05. The lowest BCUT2D eigenvalue weighted by Gasteiger charge is -2.11. The normalized spacial score (nSPS) is 10.4. The van der Waals surface area contributed by atoms with Crippen LogP contribution in [0.1, 0.15) is 20.8 Å². The van der Waals surface area contributed by atoms with Crippen molar-refractivity contribution < 1.29 is 9.53 Å². The maximum Gasteiger partial charge on any atom is 0.345 e. The van der Waals surface area contributed by atoms with Crippen LogP contribution in [0.25, 0.3) is 0 Å². The second-order valence-corrected chi connectivity index (χ2v) is 6.88. The van der Waals surface area contributed by atoms with Crippen molar-refractivity contribution in [3.05, 3.63) is 75.2 Å². The Labute approximate surface area is 149 Å². The Kier molecular flexibility index (Phi) is 5.13. The van der Waals surface area contributed by atoms with Crippen molar-refractivity contribution in [2.45, 2.75) is 13.5 Å². The fraction of sp³-hybridized carbons (Fsp3) is 0.111. The number of nitrogens with one attached hydrogen (secondary N) is 1. The minimum absolute atomic E-state index is 0.399. The number of benzene rings is 2. The van der Waals surface area contributed by atoms with Gasteiger partial charge in [0.05, 0.1) is 12.1 Å². The summed E-state index contributed by atoms with van der Waals surface area (Å²) in [6.45, 7) is 2.52. The zero-order chi connectivity index (χ0) is 16.9. The van der Waals surface area contributed by atoms with E-state index in [2.05, 4.69) is 10.3 Å². The van der Waals surface area contributed by atoms with E-state index in [0.717, 1.165) is 10.4 Å². The summed E-state index contributed by atoms with van der Waals surface area (Å²) in [5.41, 5.74) is 2.30. The second-order valence-electron chi connectivity index (χ2n) is 5.18. The van der Waals surface area contributed by atoms with Gasteiger partial charge >= 0.3 is 5.97 Å². The minimum Gasteiger partial charge on any atom is -0.423 e. The Bertz CT molecular complexity index is 846. The molecule has 0 bridgehead atoms. The maximum atomic E-state index is 12.4. The van der Waals surface area contributed by atoms with Crippen molar-refractivity contribution in [3.8, 4) is 5.75 Å². The van der Waals surface area contributed by atoms with Gasteiger partial charge < -0.3 is 10.1 Å². The number of aromatic nitrogens is 1. The number of halogens is 1. The van der Waals surface area contributed by atoms with Crippen molar-refractivity contribution in [3.63, 3.8) is 0 Å². The molecule has 0 spiro atoms. The molecule has 1 heterocycles. The van der Waals surface area contributed by atoms with Crippen LogP contribution in [-0.4, -0.2) is 11.0 Å². The summed E-state index contributed by atoms with van der Waals surface area (Å²) in [5.74, 6) is 0.124. The molecule has 0 aliphatic rings. The van der Waals surface area contributed by atoms with E-state index in [1.54, 1.807) is 30.5 Å². The SMILES string of the molecule is Cc1ccc(OC(=O)c2ccccc2NCc2cnc(Cl)s2)cc1. The van der Waals surface area contributed by atoms with Gasteiger partial charge in [0.15, 0.2) is 4.47 Å². The molecule has 0 unspecified atom stereocenters. The fourth-order valence-electron chi connectivity index (χ4n) is 2.13. The first kappa shape index (κ1) is 16.5. The summed E-state index contributed by atoms with van der Waals surface area (Å²) in [6, 6.07) is 14.6. The zero-order valence-corrected chi connectivity index (χ0v) is 14.5. The molecule has 3 aromatic rings. The van der Waals surface area contributed by atoms with Gasteiger partial charge in [-0.15, -0.1) is 11.3 Å². The molecule has 0 saturated heterocycles. The number of hydrogen-bond donors (Lipinski definition) is 1. The summed E-state index contributed by atoms with van der Waals surface area (Å²) < 4.78 is 5.94. The van der Waals surface area contributed by atoms with Crippen LogP contribution in [0.4, 0.5) is 5.69 Å². The first-order valence-electron chi connectivity index (χ1n) is 7.34. The zero-order valence-electron chi connectivity index (χ0n) is 13.0. The standard InChI is InChI=1S/C18H15ClN2O2S/c1-12-6-8-13(9-7-12)23-17(22)15-4-2-3-5-16(15)20-10-14-11-21-18(19)24-14/h2-9,11,20H,10H2,1H3. The number of carbonyl (C=O) groups excluding carboxylic acids is 1. The molecule has 2 aromatic carbocycles. The van der Waals surface area contributed by atoms with Crippen molar-refractivity contribution in [1.82, 2.24) is 4.98 Å². The summed E-state index contributed by atoms with van der Waals surface area (Å²) in [6.07, 6.45) is 1.72. The van der Waals surface area contributed by atoms with Crippen LogP contribution in [-0.2, 0) is 6.54 Å². The number of ether oxygens (including phenoxy) is 1. The molecule has 0 atom stereocenters. The maximum absolute atomic E-state index is 12.4. The summed E-state index contributed by atoms with van der Waals surface area (Å²) in [4.78, 5) is 17.4. The number of anilines is 1. The van der Waals surface area contributed by atoms with Gasteiger partial charge in [-0.3, -0.25) is 0 Å². The Morgan fingerprint density at radius 1 is 1.21 bits per heavy atom. The summed E-state index contributed by atoms with van der Waals surface area (Å²) in [5, 5.41) is 3.23. The third-order valence-corrected chi connectivity index (χ3v) is 4.47. The predicted octanol–water partition coefficient (Wildman–Crippen LogP) is 4.94. The molecule has 0 aliphatic heterocycles. The minimum atomic E-state index is -0.399. The number of nitrogens with zero attached hydrogens (tertiary/aromatic N) is 1. The van der Waals surface area contributed by atoms with Gasteiger partial charge in [0, 0.05) is 16.8 Å². The monoisotopic (exact) mass is 358 g/mol. The van der Waals surface area contributed by atoms with E-state index in [9.17, 15) is 4.79 Å². The first-order chi connectivity index (χ1) is 11.6. The summed E-state index contributed by atoms with van der Waals surface area (Å²) in [7, 11) is 0. The molecular formula is C18H15ClN2O2S. The van der Waals surface area contributed by atoms with Crippen LogP contribution < -0.4 is 10.1 Å². The van der Waals surface area contributed by atoms with Crippen molar-refractivity contribution in [1.29, 1.82) is 0 Å². The Morgan fingerprint density at radius 2 is 1.96 bits per heavy atom. The molecule has 4 nitrogen and oxygen atoms in total. The van der Waals surface area contributed by atoms with E-state index < -0.39 is 5.97 Å². The van der Waals surface area contributed by atoms with Gasteiger partial charge in [0.25, 0.3) is 0 Å². The van der Waals surface area contributed by atoms with Gasteiger partial charge in [-0.2, -0.15) is 0 Å². The molecule has 0 aliphatic carbocycles. The number of thiazole rings is 1. The molecule has 0 amide bonds. The van der Waals surface area contributed by atoms with Crippen molar-refractivity contribution in [2.24, 2.45) is 0 Å². The number of esters is 1. The number of para-hydroxylation sites is 1.